The van der Waals surface area contributed by atoms with E-state index in [1.165, 1.54) is 51.4 Å². The van der Waals surface area contributed by atoms with Crippen molar-refractivity contribution in [3.05, 3.63) is 72.9 Å². The van der Waals surface area contributed by atoms with Gasteiger partial charge in [0.1, 0.15) is 12.2 Å². The van der Waals surface area contributed by atoms with Gasteiger partial charge in [-0.2, -0.15) is 0 Å². The molecule has 10 heteroatoms. The van der Waals surface area contributed by atoms with Gasteiger partial charge in [-0.25, -0.2) is 4.57 Å². The number of hydrogen-bond acceptors (Lipinski definition) is 8. The van der Waals surface area contributed by atoms with Crippen LogP contribution in [0.1, 0.15) is 174 Å². The van der Waals surface area contributed by atoms with Crippen LogP contribution in [0.2, 0.25) is 0 Å². The molecule has 0 amide bonds. The average Bonchev–Trinajstić information content (AvgIpc) is 3.20. The molecule has 3 atom stereocenters. The molecule has 0 aliphatic heterocycles. The maximum atomic E-state index is 12.6. The molecule has 0 saturated carbocycles. The first kappa shape index (κ1) is 54.9. The molecule has 57 heavy (non-hydrogen) atoms. The molecule has 0 heterocycles. The van der Waals surface area contributed by atoms with Crippen LogP contribution in [0.5, 0.6) is 0 Å². The zero-order valence-corrected chi connectivity index (χ0v) is 36.9. The predicted molar refractivity (Wildman–Crippen MR) is 237 cm³/mol. The third kappa shape index (κ3) is 43.3. The molecule has 0 radical (unpaired) electrons. The van der Waals surface area contributed by atoms with E-state index in [9.17, 15) is 19.4 Å². The van der Waals surface area contributed by atoms with Crippen molar-refractivity contribution in [2.75, 3.05) is 33.0 Å². The molecule has 0 aromatic rings. The standard InChI is InChI=1S/C47H83O9P/c1-3-5-7-9-11-13-15-17-19-21-23-25-27-29-31-33-35-37-39-47(50)56-46(44-55-57(51,52)54-42-45(49)41-48)43-53-40-38-36-34-32-30-28-26-24-22-20-18-16-14-12-10-8-6-4-2/h6,8,12-15,18-21,24,26,45-46,48-49H,3-5,7,9-11,16-17,22-23,25,27-44H2,1-2H3,(H,51,52)/b8-6-,14-12-,15-13-,20-18-,21-19-,26-24-. The molecule has 0 aliphatic rings. The smallest absolute Gasteiger partial charge is 0.457 e. The monoisotopic (exact) mass is 823 g/mol. The SMILES string of the molecule is CC/C=C\C/C=C\C/C=C\C/C=C\CCCCCCCOCC(COP(=O)(O)OCC(O)CO)OC(=O)CCCCCCCCC/C=C\C/C=C\CCCCCC. The molecule has 9 nitrogen and oxygen atoms in total. The lowest BCUT2D eigenvalue weighted by Crippen LogP contribution is -2.29. The minimum Gasteiger partial charge on any atom is -0.457 e. The normalized spacial score (nSPS) is 14.7. The summed E-state index contributed by atoms with van der Waals surface area (Å²) in [6, 6.07) is 0. The Hall–Kier alpha value is -2.10. The maximum Gasteiger partial charge on any atom is 0.472 e. The van der Waals surface area contributed by atoms with Crippen molar-refractivity contribution in [1.82, 2.24) is 0 Å². The fourth-order valence-electron chi connectivity index (χ4n) is 5.73. The van der Waals surface area contributed by atoms with E-state index < -0.39 is 45.8 Å². The summed E-state index contributed by atoms with van der Waals surface area (Å²) in [5, 5.41) is 18.4. The number of carbonyl (C=O) groups is 1. The first-order valence-electron chi connectivity index (χ1n) is 22.4. The minimum absolute atomic E-state index is 0.0296. The van der Waals surface area contributed by atoms with Gasteiger partial charge < -0.3 is 24.6 Å². The van der Waals surface area contributed by atoms with Crippen LogP contribution in [-0.4, -0.2) is 66.3 Å². The number of allylic oxidation sites excluding steroid dienone is 12. The van der Waals surface area contributed by atoms with Crippen molar-refractivity contribution in [1.29, 1.82) is 0 Å². The molecule has 0 rings (SSSR count). The van der Waals surface area contributed by atoms with E-state index >= 15 is 0 Å². The number of carbonyl (C=O) groups excluding carboxylic acids is 1. The molecule has 3 N–H and O–H groups in total. The van der Waals surface area contributed by atoms with Crippen molar-refractivity contribution < 1.29 is 43.0 Å². The highest BCUT2D eigenvalue weighted by Crippen LogP contribution is 2.43. The number of unbranched alkanes of at least 4 members (excludes halogenated alkanes) is 16. The van der Waals surface area contributed by atoms with Crippen LogP contribution in [0.3, 0.4) is 0 Å². The summed E-state index contributed by atoms with van der Waals surface area (Å²) in [6.07, 6.45) is 51.4. The highest BCUT2D eigenvalue weighted by atomic mass is 31.2. The number of phosphoric ester groups is 1. The van der Waals surface area contributed by atoms with Gasteiger partial charge in [0.2, 0.25) is 0 Å². The quantitative estimate of drug-likeness (QED) is 0.0238. The number of rotatable bonds is 42. The Morgan fingerprint density at radius 2 is 1.00 bits per heavy atom. The number of ether oxygens (including phenoxy) is 2. The van der Waals surface area contributed by atoms with Gasteiger partial charge in [0.25, 0.3) is 0 Å². The minimum atomic E-state index is -4.53. The van der Waals surface area contributed by atoms with Gasteiger partial charge in [0.15, 0.2) is 0 Å². The van der Waals surface area contributed by atoms with Gasteiger partial charge in [0, 0.05) is 13.0 Å². The molecular formula is C47H83O9P. The Labute approximate surface area is 348 Å². The first-order chi connectivity index (χ1) is 27.8. The molecule has 0 aromatic carbocycles. The number of hydrogen-bond donors (Lipinski definition) is 3. The second kappa shape index (κ2) is 43.5. The zero-order valence-electron chi connectivity index (χ0n) is 36.0. The first-order valence-corrected chi connectivity index (χ1v) is 23.9. The Bertz CT molecular complexity index is 1110. The Morgan fingerprint density at radius 3 is 1.51 bits per heavy atom. The molecule has 330 valence electrons. The van der Waals surface area contributed by atoms with E-state index in [4.69, 9.17) is 23.6 Å². The van der Waals surface area contributed by atoms with Crippen LogP contribution in [0.15, 0.2) is 72.9 Å². The van der Waals surface area contributed by atoms with Crippen molar-refractivity contribution in [3.8, 4) is 0 Å². The van der Waals surface area contributed by atoms with Crippen LogP contribution >= 0.6 is 7.82 Å². The topological polar surface area (TPSA) is 132 Å². The van der Waals surface area contributed by atoms with E-state index in [1.54, 1.807) is 0 Å². The lowest BCUT2D eigenvalue weighted by Gasteiger charge is -2.20. The Balaban J connectivity index is 4.22. The molecular weight excluding hydrogens is 739 g/mol. The lowest BCUT2D eigenvalue weighted by atomic mass is 10.1. The fraction of sp³-hybridized carbons (Fsp3) is 0.723. The van der Waals surface area contributed by atoms with Crippen LogP contribution in [0, 0.1) is 0 Å². The third-order valence-corrected chi connectivity index (χ3v) is 10.1. The fourth-order valence-corrected chi connectivity index (χ4v) is 6.52. The van der Waals surface area contributed by atoms with Crippen molar-refractivity contribution in [2.45, 2.75) is 187 Å². The second-order valence-electron chi connectivity index (χ2n) is 14.7. The van der Waals surface area contributed by atoms with E-state index in [2.05, 4.69) is 86.8 Å². The van der Waals surface area contributed by atoms with Crippen molar-refractivity contribution in [2.24, 2.45) is 0 Å². The largest absolute Gasteiger partial charge is 0.472 e. The lowest BCUT2D eigenvalue weighted by molar-refractivity contribution is -0.154. The molecule has 0 aromatic heterocycles. The predicted octanol–water partition coefficient (Wildman–Crippen LogP) is 12.5. The second-order valence-corrected chi connectivity index (χ2v) is 16.1. The molecule has 0 bridgehead atoms. The summed E-state index contributed by atoms with van der Waals surface area (Å²) < 4.78 is 33.4. The number of phosphoric acid groups is 1. The molecule has 0 aliphatic carbocycles. The summed E-state index contributed by atoms with van der Waals surface area (Å²) in [5.41, 5.74) is 0. The van der Waals surface area contributed by atoms with Gasteiger partial charge in [-0.3, -0.25) is 13.8 Å². The Kier molecular flexibility index (Phi) is 41.9. The summed E-state index contributed by atoms with van der Waals surface area (Å²) >= 11 is 0. The highest BCUT2D eigenvalue weighted by Gasteiger charge is 2.26. The number of aliphatic hydroxyl groups excluding tert-OH is 2. The summed E-state index contributed by atoms with van der Waals surface area (Å²) in [4.78, 5) is 22.6. The summed E-state index contributed by atoms with van der Waals surface area (Å²) in [7, 11) is -4.53. The summed E-state index contributed by atoms with van der Waals surface area (Å²) in [5.74, 6) is -0.400. The molecule has 0 fully saturated rings. The van der Waals surface area contributed by atoms with Crippen LogP contribution in [-0.2, 0) is 27.9 Å². The van der Waals surface area contributed by atoms with Crippen molar-refractivity contribution >= 4 is 13.8 Å². The van der Waals surface area contributed by atoms with E-state index in [-0.39, 0.29) is 13.0 Å². The Morgan fingerprint density at radius 1 is 0.561 bits per heavy atom. The molecule has 0 spiro atoms. The summed E-state index contributed by atoms with van der Waals surface area (Å²) in [6.45, 7) is 3.32. The van der Waals surface area contributed by atoms with Gasteiger partial charge >= 0.3 is 13.8 Å². The van der Waals surface area contributed by atoms with Crippen molar-refractivity contribution in [3.63, 3.8) is 0 Å². The van der Waals surface area contributed by atoms with E-state index in [0.717, 1.165) is 96.3 Å². The van der Waals surface area contributed by atoms with Gasteiger partial charge in [-0.05, 0) is 83.5 Å². The zero-order chi connectivity index (χ0) is 41.8. The van der Waals surface area contributed by atoms with Gasteiger partial charge in [0.05, 0.1) is 26.4 Å². The van der Waals surface area contributed by atoms with Gasteiger partial charge in [-0.1, -0.05) is 157 Å². The van der Waals surface area contributed by atoms with Gasteiger partial charge in [-0.15, -0.1) is 0 Å². The van der Waals surface area contributed by atoms with Crippen LogP contribution in [0.4, 0.5) is 0 Å². The number of esters is 1. The van der Waals surface area contributed by atoms with Crippen LogP contribution < -0.4 is 0 Å². The maximum absolute atomic E-state index is 12.6. The van der Waals surface area contributed by atoms with Crippen LogP contribution in [0.25, 0.3) is 0 Å². The van der Waals surface area contributed by atoms with E-state index in [0.29, 0.717) is 13.0 Å². The third-order valence-electron chi connectivity index (χ3n) is 9.13. The molecule has 3 unspecified atom stereocenters. The molecule has 0 saturated heterocycles. The average molecular weight is 823 g/mol. The number of aliphatic hydroxyl groups is 2. The van der Waals surface area contributed by atoms with E-state index in [1.807, 2.05) is 0 Å². The highest BCUT2D eigenvalue weighted by molar-refractivity contribution is 7.47.